The molecule has 6 N–H and O–H groups in total. The summed E-state index contributed by atoms with van der Waals surface area (Å²) in [7, 11) is 0. The summed E-state index contributed by atoms with van der Waals surface area (Å²) in [5.74, 6) is -2.83. The number of rotatable bonds is 11. The number of carboxylic acids is 1. The van der Waals surface area contributed by atoms with Gasteiger partial charge in [-0.1, -0.05) is 56.3 Å². The molecule has 2 aromatic carbocycles. The highest BCUT2D eigenvalue weighted by molar-refractivity contribution is 5.94. The summed E-state index contributed by atoms with van der Waals surface area (Å²) in [6.45, 7) is 3.85. The van der Waals surface area contributed by atoms with Gasteiger partial charge in [0.1, 0.15) is 23.9 Å². The van der Waals surface area contributed by atoms with Crippen LogP contribution in [0.15, 0.2) is 54.6 Å². The van der Waals surface area contributed by atoms with E-state index in [1.807, 2.05) is 30.3 Å². The molecule has 3 amide bonds. The van der Waals surface area contributed by atoms with E-state index in [0.717, 1.165) is 11.1 Å². The number of amides is 3. The number of phenols is 1. The highest BCUT2D eigenvalue weighted by Gasteiger charge is 2.39. The van der Waals surface area contributed by atoms with E-state index >= 15 is 0 Å². The van der Waals surface area contributed by atoms with Crippen molar-refractivity contribution in [2.75, 3.05) is 6.54 Å². The first-order valence-corrected chi connectivity index (χ1v) is 12.8. The first kappa shape index (κ1) is 28.6. The first-order chi connectivity index (χ1) is 18.1. The minimum absolute atomic E-state index is 0.101. The number of aromatic hydroxyl groups is 1. The Balaban J connectivity index is 1.75. The maximum absolute atomic E-state index is 13.5. The number of benzene rings is 2. The second-order valence-electron chi connectivity index (χ2n) is 9.99. The third kappa shape index (κ3) is 7.55. The van der Waals surface area contributed by atoms with Gasteiger partial charge >= 0.3 is 5.97 Å². The summed E-state index contributed by atoms with van der Waals surface area (Å²) in [4.78, 5) is 52.7. The minimum Gasteiger partial charge on any atom is -0.508 e. The third-order valence-electron chi connectivity index (χ3n) is 6.70. The molecule has 1 heterocycles. The van der Waals surface area contributed by atoms with E-state index in [-0.39, 0.29) is 24.5 Å². The van der Waals surface area contributed by atoms with Gasteiger partial charge in [-0.2, -0.15) is 0 Å². The van der Waals surface area contributed by atoms with Crippen LogP contribution in [0.1, 0.15) is 37.8 Å². The van der Waals surface area contributed by atoms with Gasteiger partial charge in [0.15, 0.2) is 0 Å². The SMILES string of the molecule is CC(C)[C@H](NC(=O)[C@H](Cc1ccccc1)NC(=O)[C@@H](N)Cc1ccc(O)cc1)C(=O)N1CCC[C@H]1C(=O)O. The third-order valence-corrected chi connectivity index (χ3v) is 6.70. The molecule has 1 aliphatic rings. The van der Waals surface area contributed by atoms with Crippen LogP contribution in [0.5, 0.6) is 5.75 Å². The molecular formula is C28H36N4O6. The molecule has 0 unspecified atom stereocenters. The summed E-state index contributed by atoms with van der Waals surface area (Å²) in [5.41, 5.74) is 7.68. The lowest BCUT2D eigenvalue weighted by atomic mass is 9.99. The van der Waals surface area contributed by atoms with Crippen LogP contribution >= 0.6 is 0 Å². The molecule has 0 spiro atoms. The van der Waals surface area contributed by atoms with Gasteiger partial charge in [-0.15, -0.1) is 0 Å². The number of hydrogen-bond donors (Lipinski definition) is 5. The van der Waals surface area contributed by atoms with Crippen molar-refractivity contribution in [3.05, 3.63) is 65.7 Å². The fourth-order valence-corrected chi connectivity index (χ4v) is 4.55. The summed E-state index contributed by atoms with van der Waals surface area (Å²) >= 11 is 0. The average Bonchev–Trinajstić information content (AvgIpc) is 3.38. The van der Waals surface area contributed by atoms with E-state index in [2.05, 4.69) is 10.6 Å². The van der Waals surface area contributed by atoms with Crippen molar-refractivity contribution in [3.63, 3.8) is 0 Å². The normalized spacial score (nSPS) is 17.5. The Morgan fingerprint density at radius 3 is 2.18 bits per heavy atom. The van der Waals surface area contributed by atoms with Crippen LogP contribution in [0.25, 0.3) is 0 Å². The van der Waals surface area contributed by atoms with Gasteiger partial charge in [0.05, 0.1) is 6.04 Å². The molecule has 0 aromatic heterocycles. The molecule has 0 radical (unpaired) electrons. The summed E-state index contributed by atoms with van der Waals surface area (Å²) in [5, 5.41) is 24.5. The molecular weight excluding hydrogens is 488 g/mol. The zero-order chi connectivity index (χ0) is 27.8. The Hall–Kier alpha value is -3.92. The van der Waals surface area contributed by atoms with Crippen molar-refractivity contribution < 1.29 is 29.4 Å². The Morgan fingerprint density at radius 1 is 0.947 bits per heavy atom. The number of carboxylic acid groups (broad SMARTS) is 1. The number of nitrogens with zero attached hydrogens (tertiary/aromatic N) is 1. The number of phenolic OH excluding ortho intramolecular Hbond substituents is 1. The maximum Gasteiger partial charge on any atom is 0.326 e. The lowest BCUT2D eigenvalue weighted by molar-refractivity contribution is -0.150. The Bertz CT molecular complexity index is 1120. The molecule has 0 bridgehead atoms. The smallest absolute Gasteiger partial charge is 0.326 e. The summed E-state index contributed by atoms with van der Waals surface area (Å²) in [6, 6.07) is 11.6. The lowest BCUT2D eigenvalue weighted by Gasteiger charge is -2.31. The number of carbonyl (C=O) groups is 4. The molecule has 2 aromatic rings. The van der Waals surface area contributed by atoms with Gasteiger partial charge in [-0.25, -0.2) is 4.79 Å². The monoisotopic (exact) mass is 524 g/mol. The predicted molar refractivity (Wildman–Crippen MR) is 141 cm³/mol. The van der Waals surface area contributed by atoms with E-state index in [0.29, 0.717) is 19.4 Å². The van der Waals surface area contributed by atoms with Gasteiger partial charge in [0.25, 0.3) is 0 Å². The van der Waals surface area contributed by atoms with Gasteiger partial charge in [0.2, 0.25) is 17.7 Å². The van der Waals surface area contributed by atoms with Gasteiger partial charge < -0.3 is 31.5 Å². The molecule has 1 aliphatic heterocycles. The standard InChI is InChI=1S/C28H36N4O6/c1-17(2)24(27(36)32-14-6-9-23(32)28(37)38)31-26(35)22(16-18-7-4-3-5-8-18)30-25(34)21(29)15-19-10-12-20(33)13-11-19/h3-5,7-8,10-13,17,21-24,33H,6,9,14-16,29H2,1-2H3,(H,30,34)(H,31,35)(H,37,38)/t21-,22-,23-,24-/m0/s1. The average molecular weight is 525 g/mol. The van der Waals surface area contributed by atoms with Crippen LogP contribution in [0.2, 0.25) is 0 Å². The molecule has 204 valence electrons. The van der Waals surface area contributed by atoms with Crippen LogP contribution in [0.4, 0.5) is 0 Å². The fourth-order valence-electron chi connectivity index (χ4n) is 4.55. The zero-order valence-electron chi connectivity index (χ0n) is 21.7. The Kier molecular flexibility index (Phi) is 9.84. The van der Waals surface area contributed by atoms with Crippen molar-refractivity contribution in [1.29, 1.82) is 0 Å². The molecule has 1 fully saturated rings. The van der Waals surface area contributed by atoms with Crippen molar-refractivity contribution in [1.82, 2.24) is 15.5 Å². The van der Waals surface area contributed by atoms with Gasteiger partial charge in [0, 0.05) is 13.0 Å². The molecule has 1 saturated heterocycles. The van der Waals surface area contributed by atoms with E-state index < -0.39 is 47.9 Å². The number of aliphatic carboxylic acids is 1. The van der Waals surface area contributed by atoms with Crippen molar-refractivity contribution in [3.8, 4) is 5.75 Å². The number of likely N-dealkylation sites (tertiary alicyclic amines) is 1. The van der Waals surface area contributed by atoms with E-state index in [1.54, 1.807) is 26.0 Å². The lowest BCUT2D eigenvalue weighted by Crippen LogP contribution is -2.59. The number of hydrogen-bond acceptors (Lipinski definition) is 6. The van der Waals surface area contributed by atoms with E-state index in [4.69, 9.17) is 5.73 Å². The second kappa shape index (κ2) is 13.0. The summed E-state index contributed by atoms with van der Waals surface area (Å²) in [6.07, 6.45) is 1.31. The number of nitrogens with one attached hydrogen (secondary N) is 2. The van der Waals surface area contributed by atoms with E-state index in [9.17, 15) is 29.4 Å². The van der Waals surface area contributed by atoms with Crippen LogP contribution < -0.4 is 16.4 Å². The zero-order valence-corrected chi connectivity index (χ0v) is 21.7. The summed E-state index contributed by atoms with van der Waals surface area (Å²) < 4.78 is 0. The minimum atomic E-state index is -1.07. The molecule has 3 rings (SSSR count). The van der Waals surface area contributed by atoms with Crippen LogP contribution in [0.3, 0.4) is 0 Å². The molecule has 38 heavy (non-hydrogen) atoms. The van der Waals surface area contributed by atoms with Crippen LogP contribution in [-0.4, -0.2) is 69.5 Å². The Labute approximate surface area is 222 Å². The second-order valence-corrected chi connectivity index (χ2v) is 9.99. The largest absolute Gasteiger partial charge is 0.508 e. The maximum atomic E-state index is 13.5. The van der Waals surface area contributed by atoms with Crippen LogP contribution in [-0.2, 0) is 32.0 Å². The van der Waals surface area contributed by atoms with Gasteiger partial charge in [-0.3, -0.25) is 14.4 Å². The molecule has 0 saturated carbocycles. The quantitative estimate of drug-likeness (QED) is 0.295. The fraction of sp³-hybridized carbons (Fsp3) is 0.429. The molecule has 4 atom stereocenters. The van der Waals surface area contributed by atoms with Crippen molar-refractivity contribution >= 4 is 23.7 Å². The number of nitrogens with two attached hydrogens (primary N) is 1. The molecule has 0 aliphatic carbocycles. The molecule has 10 heteroatoms. The topological polar surface area (TPSA) is 162 Å². The van der Waals surface area contributed by atoms with Crippen molar-refractivity contribution in [2.24, 2.45) is 11.7 Å². The number of carbonyl (C=O) groups excluding carboxylic acids is 3. The highest BCUT2D eigenvalue weighted by atomic mass is 16.4. The highest BCUT2D eigenvalue weighted by Crippen LogP contribution is 2.20. The Morgan fingerprint density at radius 2 is 1.58 bits per heavy atom. The van der Waals surface area contributed by atoms with Gasteiger partial charge in [-0.05, 0) is 48.4 Å². The first-order valence-electron chi connectivity index (χ1n) is 12.8. The van der Waals surface area contributed by atoms with Crippen LogP contribution in [0, 0.1) is 5.92 Å². The van der Waals surface area contributed by atoms with Crippen molar-refractivity contribution in [2.45, 2.75) is 63.7 Å². The van der Waals surface area contributed by atoms with E-state index in [1.165, 1.54) is 17.0 Å². The molecule has 10 nitrogen and oxygen atoms in total. The predicted octanol–water partition coefficient (Wildman–Crippen LogP) is 1.21.